The normalized spacial score (nSPS) is 10.3. The van der Waals surface area contributed by atoms with Gasteiger partial charge in [-0.3, -0.25) is 15.1 Å². The number of pyridine rings is 1. The van der Waals surface area contributed by atoms with Crippen LogP contribution in [0.1, 0.15) is 25.2 Å². The van der Waals surface area contributed by atoms with E-state index in [2.05, 4.69) is 20.3 Å². The largest absolute Gasteiger partial charge is 0.473 e. The van der Waals surface area contributed by atoms with E-state index >= 15 is 0 Å². The maximum atomic E-state index is 11.3. The molecule has 2 rings (SSSR count). The van der Waals surface area contributed by atoms with E-state index in [1.54, 1.807) is 19.3 Å². The number of nitrogens with zero attached hydrogens (tertiary/aromatic N) is 4. The number of hydrogen-bond acceptors (Lipinski definition) is 7. The molecular formula is C14H17N5O3. The molecule has 2 aromatic heterocycles. The predicted octanol–water partition coefficient (Wildman–Crippen LogP) is 2.35. The summed E-state index contributed by atoms with van der Waals surface area (Å²) in [7, 11) is 0. The van der Waals surface area contributed by atoms with Crippen LogP contribution in [-0.2, 0) is 13.0 Å². The Kier molecular flexibility index (Phi) is 5.18. The van der Waals surface area contributed by atoms with Gasteiger partial charge < -0.3 is 10.1 Å². The van der Waals surface area contributed by atoms with Crippen LogP contribution < -0.4 is 10.1 Å². The van der Waals surface area contributed by atoms with Crippen LogP contribution in [0.15, 0.2) is 24.5 Å². The molecule has 116 valence electrons. The highest BCUT2D eigenvalue weighted by Gasteiger charge is 2.25. The van der Waals surface area contributed by atoms with Gasteiger partial charge in [-0.2, -0.15) is 4.98 Å². The molecule has 0 saturated carbocycles. The Morgan fingerprint density at radius 1 is 1.27 bits per heavy atom. The first-order chi connectivity index (χ1) is 10.7. The molecule has 22 heavy (non-hydrogen) atoms. The predicted molar refractivity (Wildman–Crippen MR) is 80.8 cm³/mol. The summed E-state index contributed by atoms with van der Waals surface area (Å²) in [5, 5.41) is 14.3. The maximum Gasteiger partial charge on any atom is 0.372 e. The molecule has 8 heteroatoms. The summed E-state index contributed by atoms with van der Waals surface area (Å²) in [6.45, 7) is 4.32. The van der Waals surface area contributed by atoms with Gasteiger partial charge in [0, 0.05) is 25.4 Å². The van der Waals surface area contributed by atoms with E-state index in [9.17, 15) is 10.1 Å². The van der Waals surface area contributed by atoms with E-state index in [-0.39, 0.29) is 17.4 Å². The highest BCUT2D eigenvalue weighted by molar-refractivity contribution is 5.61. The van der Waals surface area contributed by atoms with E-state index < -0.39 is 4.92 Å². The summed E-state index contributed by atoms with van der Waals surface area (Å²) in [5.74, 6) is 0.653. The molecule has 0 aliphatic carbocycles. The van der Waals surface area contributed by atoms with Crippen molar-refractivity contribution in [1.82, 2.24) is 15.0 Å². The van der Waals surface area contributed by atoms with Crippen LogP contribution in [-0.4, -0.2) is 26.5 Å². The Morgan fingerprint density at radius 2 is 2.00 bits per heavy atom. The molecule has 0 atom stereocenters. The number of hydrogen-bond donors (Lipinski definition) is 1. The molecular weight excluding hydrogens is 286 g/mol. The monoisotopic (exact) mass is 303 g/mol. The molecule has 0 saturated heterocycles. The van der Waals surface area contributed by atoms with Crippen molar-refractivity contribution in [2.45, 2.75) is 26.8 Å². The Balaban J connectivity index is 2.34. The molecule has 0 aromatic carbocycles. The lowest BCUT2D eigenvalue weighted by Crippen LogP contribution is -2.10. The minimum atomic E-state index is -0.528. The molecule has 0 unspecified atom stereocenters. The summed E-state index contributed by atoms with van der Waals surface area (Å²) in [6.07, 6.45) is 3.88. The molecule has 0 radical (unpaired) electrons. The number of nitro groups is 1. The second kappa shape index (κ2) is 7.30. The minimum absolute atomic E-state index is 0.00317. The second-order valence-corrected chi connectivity index (χ2v) is 4.39. The first-order valence-electron chi connectivity index (χ1n) is 6.96. The molecule has 2 heterocycles. The number of nitrogens with one attached hydrogen (secondary N) is 1. The third-order valence-electron chi connectivity index (χ3n) is 2.89. The average molecular weight is 303 g/mol. The van der Waals surface area contributed by atoms with Gasteiger partial charge in [0.15, 0.2) is 0 Å². The van der Waals surface area contributed by atoms with E-state index in [0.717, 1.165) is 5.56 Å². The topological polar surface area (TPSA) is 103 Å². The van der Waals surface area contributed by atoms with Crippen LogP contribution in [0.2, 0.25) is 0 Å². The van der Waals surface area contributed by atoms with Gasteiger partial charge in [0.1, 0.15) is 5.82 Å². The van der Waals surface area contributed by atoms with Crippen molar-refractivity contribution < 1.29 is 9.66 Å². The summed E-state index contributed by atoms with van der Waals surface area (Å²) in [4.78, 5) is 23.0. The quantitative estimate of drug-likeness (QED) is 0.618. The van der Waals surface area contributed by atoms with Crippen molar-refractivity contribution in [3.05, 3.63) is 46.0 Å². The fourth-order valence-electron chi connectivity index (χ4n) is 1.85. The molecule has 8 nitrogen and oxygen atoms in total. The smallest absolute Gasteiger partial charge is 0.372 e. The highest BCUT2D eigenvalue weighted by atomic mass is 16.6. The van der Waals surface area contributed by atoms with Crippen LogP contribution in [0.5, 0.6) is 5.88 Å². The number of rotatable bonds is 7. The lowest BCUT2D eigenvalue weighted by Gasteiger charge is -2.10. The van der Waals surface area contributed by atoms with Crippen molar-refractivity contribution in [3.63, 3.8) is 0 Å². The van der Waals surface area contributed by atoms with Crippen molar-refractivity contribution in [2.75, 3.05) is 11.9 Å². The van der Waals surface area contributed by atoms with Crippen molar-refractivity contribution in [3.8, 4) is 5.88 Å². The second-order valence-electron chi connectivity index (χ2n) is 4.39. The highest BCUT2D eigenvalue weighted by Crippen LogP contribution is 2.32. The van der Waals surface area contributed by atoms with Crippen LogP contribution in [0.3, 0.4) is 0 Å². The molecule has 2 aromatic rings. The number of aryl methyl sites for hydroxylation is 1. The molecule has 0 fully saturated rings. The number of anilines is 1. The van der Waals surface area contributed by atoms with Gasteiger partial charge in [-0.05, 0) is 24.6 Å². The van der Waals surface area contributed by atoms with E-state index in [1.807, 2.05) is 19.1 Å². The van der Waals surface area contributed by atoms with Gasteiger partial charge in [0.25, 0.3) is 5.88 Å². The fraction of sp³-hybridized carbons (Fsp3) is 0.357. The Bertz CT molecular complexity index is 648. The molecule has 0 aliphatic rings. The van der Waals surface area contributed by atoms with Gasteiger partial charge in [-0.25, -0.2) is 4.98 Å². The first-order valence-corrected chi connectivity index (χ1v) is 6.96. The number of aromatic nitrogens is 3. The third kappa shape index (κ3) is 3.66. The molecule has 0 aliphatic heterocycles. The lowest BCUT2D eigenvalue weighted by molar-refractivity contribution is -0.385. The summed E-state index contributed by atoms with van der Waals surface area (Å²) >= 11 is 0. The average Bonchev–Trinajstić information content (AvgIpc) is 2.53. The number of ether oxygens (including phenoxy) is 1. The zero-order valence-corrected chi connectivity index (χ0v) is 12.4. The minimum Gasteiger partial charge on any atom is -0.473 e. The lowest BCUT2D eigenvalue weighted by atomic mass is 10.2. The zero-order chi connectivity index (χ0) is 15.9. The van der Waals surface area contributed by atoms with Gasteiger partial charge in [-0.15, -0.1) is 0 Å². The van der Waals surface area contributed by atoms with Crippen molar-refractivity contribution in [1.29, 1.82) is 0 Å². The van der Waals surface area contributed by atoms with Crippen LogP contribution in [0.4, 0.5) is 11.5 Å². The van der Waals surface area contributed by atoms with Crippen molar-refractivity contribution in [2.24, 2.45) is 0 Å². The van der Waals surface area contributed by atoms with Crippen LogP contribution >= 0.6 is 0 Å². The molecule has 1 N–H and O–H groups in total. The third-order valence-corrected chi connectivity index (χ3v) is 2.89. The Labute approximate surface area is 127 Å². The Morgan fingerprint density at radius 3 is 2.59 bits per heavy atom. The molecule has 0 spiro atoms. The maximum absolute atomic E-state index is 11.3. The van der Waals surface area contributed by atoms with Gasteiger partial charge >= 0.3 is 5.69 Å². The van der Waals surface area contributed by atoms with E-state index in [1.165, 1.54) is 0 Å². The standard InChI is InChI=1S/C14H17N5O3/c1-3-11-17-13(16-9-10-5-7-15-8-6-10)12(19(20)21)14(18-11)22-4-2/h5-8H,3-4,9H2,1-2H3,(H,16,17,18). The molecule has 0 amide bonds. The first kappa shape index (κ1) is 15.6. The summed E-state index contributed by atoms with van der Waals surface area (Å²) in [5.41, 5.74) is 0.701. The Hall–Kier alpha value is -2.77. The van der Waals surface area contributed by atoms with Crippen molar-refractivity contribution >= 4 is 11.5 Å². The van der Waals surface area contributed by atoms with Gasteiger partial charge in [0.2, 0.25) is 5.82 Å². The molecule has 0 bridgehead atoms. The van der Waals surface area contributed by atoms with Gasteiger partial charge in [-0.1, -0.05) is 6.92 Å². The van der Waals surface area contributed by atoms with E-state index in [0.29, 0.717) is 25.4 Å². The zero-order valence-electron chi connectivity index (χ0n) is 12.4. The van der Waals surface area contributed by atoms with E-state index in [4.69, 9.17) is 4.74 Å². The van der Waals surface area contributed by atoms with Gasteiger partial charge in [0.05, 0.1) is 11.5 Å². The summed E-state index contributed by atoms with van der Waals surface area (Å²) < 4.78 is 5.29. The SMILES string of the molecule is CCOc1nc(CC)nc(NCc2ccncc2)c1[N+](=O)[O-]. The van der Waals surface area contributed by atoms with Crippen LogP contribution in [0, 0.1) is 10.1 Å². The summed E-state index contributed by atoms with van der Waals surface area (Å²) in [6, 6.07) is 3.65. The van der Waals surface area contributed by atoms with Crippen LogP contribution in [0.25, 0.3) is 0 Å². The fourth-order valence-corrected chi connectivity index (χ4v) is 1.85.